The van der Waals surface area contributed by atoms with E-state index >= 15 is 0 Å². The molecule has 0 bridgehead atoms. The number of nitrogens with zero attached hydrogens (tertiary/aromatic N) is 1. The summed E-state index contributed by atoms with van der Waals surface area (Å²) in [5.74, 6) is 0.996. The minimum atomic E-state index is 0.580. The van der Waals surface area contributed by atoms with Crippen molar-refractivity contribution in [1.82, 2.24) is 10.2 Å². The number of nitrogens with two attached hydrogens (primary N) is 1. The molecule has 3 nitrogen and oxygen atoms in total. The SMILES string of the molecule is CCC1CCC(N2CCNCC2CN)CC1. The van der Waals surface area contributed by atoms with Gasteiger partial charge in [0.05, 0.1) is 0 Å². The van der Waals surface area contributed by atoms with Gasteiger partial charge in [0.15, 0.2) is 0 Å². The molecule has 0 aromatic carbocycles. The largest absolute Gasteiger partial charge is 0.329 e. The number of hydrogen-bond acceptors (Lipinski definition) is 3. The lowest BCUT2D eigenvalue weighted by atomic mass is 9.83. The van der Waals surface area contributed by atoms with E-state index in [9.17, 15) is 0 Å². The zero-order valence-electron chi connectivity index (χ0n) is 10.6. The molecule has 1 unspecified atom stereocenters. The van der Waals surface area contributed by atoms with Crippen LogP contribution in [0.15, 0.2) is 0 Å². The Kier molecular flexibility index (Phi) is 4.62. The van der Waals surface area contributed by atoms with E-state index in [0.717, 1.165) is 31.6 Å². The third-order valence-electron chi connectivity index (χ3n) is 4.53. The maximum absolute atomic E-state index is 5.87. The predicted molar refractivity (Wildman–Crippen MR) is 68.5 cm³/mol. The molecule has 1 saturated heterocycles. The second-order valence-electron chi connectivity index (χ2n) is 5.41. The fourth-order valence-corrected chi connectivity index (χ4v) is 3.36. The number of rotatable bonds is 3. The van der Waals surface area contributed by atoms with Crippen LogP contribution in [0.1, 0.15) is 39.0 Å². The Morgan fingerprint density at radius 1 is 1.25 bits per heavy atom. The summed E-state index contributed by atoms with van der Waals surface area (Å²) in [5.41, 5.74) is 5.87. The number of hydrogen-bond donors (Lipinski definition) is 2. The van der Waals surface area contributed by atoms with E-state index in [2.05, 4.69) is 17.1 Å². The highest BCUT2D eigenvalue weighted by Crippen LogP contribution is 2.30. The minimum absolute atomic E-state index is 0.580. The Balaban J connectivity index is 1.86. The molecule has 1 aliphatic carbocycles. The van der Waals surface area contributed by atoms with Crippen LogP contribution < -0.4 is 11.1 Å². The lowest BCUT2D eigenvalue weighted by molar-refractivity contribution is 0.0746. The van der Waals surface area contributed by atoms with Crippen molar-refractivity contribution in [3.8, 4) is 0 Å². The average Bonchev–Trinajstić information content (AvgIpc) is 2.39. The molecule has 3 heteroatoms. The van der Waals surface area contributed by atoms with Gasteiger partial charge in [-0.1, -0.05) is 13.3 Å². The molecule has 0 aromatic heterocycles. The van der Waals surface area contributed by atoms with Gasteiger partial charge in [0, 0.05) is 38.3 Å². The van der Waals surface area contributed by atoms with E-state index in [1.54, 1.807) is 0 Å². The molecule has 94 valence electrons. The lowest BCUT2D eigenvalue weighted by Gasteiger charge is -2.43. The molecule has 2 rings (SSSR count). The fraction of sp³-hybridized carbons (Fsp3) is 1.00. The molecule has 1 saturated carbocycles. The van der Waals surface area contributed by atoms with Crippen molar-refractivity contribution < 1.29 is 0 Å². The molecule has 16 heavy (non-hydrogen) atoms. The summed E-state index contributed by atoms with van der Waals surface area (Å²) in [6, 6.07) is 1.40. The summed E-state index contributed by atoms with van der Waals surface area (Å²) in [6.07, 6.45) is 7.03. The van der Waals surface area contributed by atoms with Crippen LogP contribution in [-0.4, -0.2) is 43.2 Å². The smallest absolute Gasteiger partial charge is 0.0346 e. The standard InChI is InChI=1S/C13H27N3/c1-2-11-3-5-12(6-4-11)16-8-7-15-10-13(16)9-14/h11-13,15H,2-10,14H2,1H3. The maximum Gasteiger partial charge on any atom is 0.0346 e. The molecule has 2 fully saturated rings. The van der Waals surface area contributed by atoms with E-state index in [4.69, 9.17) is 5.73 Å². The molecular formula is C13H27N3. The highest BCUT2D eigenvalue weighted by Gasteiger charge is 2.30. The molecule has 0 amide bonds. The van der Waals surface area contributed by atoms with Gasteiger partial charge in [-0.05, 0) is 31.6 Å². The van der Waals surface area contributed by atoms with Crippen molar-refractivity contribution in [3.63, 3.8) is 0 Å². The van der Waals surface area contributed by atoms with Crippen LogP contribution in [0.2, 0.25) is 0 Å². The van der Waals surface area contributed by atoms with Crippen LogP contribution in [0.5, 0.6) is 0 Å². The average molecular weight is 225 g/mol. The normalized spacial score (nSPS) is 37.5. The first kappa shape index (κ1) is 12.3. The molecule has 0 spiro atoms. The van der Waals surface area contributed by atoms with Crippen molar-refractivity contribution in [3.05, 3.63) is 0 Å². The number of nitrogens with one attached hydrogen (secondary N) is 1. The summed E-state index contributed by atoms with van der Waals surface area (Å²) >= 11 is 0. The van der Waals surface area contributed by atoms with Gasteiger partial charge in [-0.3, -0.25) is 4.90 Å². The summed E-state index contributed by atoms with van der Waals surface area (Å²) in [6.45, 7) is 6.57. The monoisotopic (exact) mass is 225 g/mol. The molecule has 1 heterocycles. The van der Waals surface area contributed by atoms with Crippen molar-refractivity contribution in [2.75, 3.05) is 26.2 Å². The summed E-state index contributed by atoms with van der Waals surface area (Å²) < 4.78 is 0. The maximum atomic E-state index is 5.87. The summed E-state index contributed by atoms with van der Waals surface area (Å²) in [4.78, 5) is 2.68. The van der Waals surface area contributed by atoms with Crippen molar-refractivity contribution in [2.45, 2.75) is 51.1 Å². The summed E-state index contributed by atoms with van der Waals surface area (Å²) in [5, 5.41) is 3.45. The Hall–Kier alpha value is -0.120. The van der Waals surface area contributed by atoms with Crippen molar-refractivity contribution in [2.24, 2.45) is 11.7 Å². The summed E-state index contributed by atoms with van der Waals surface area (Å²) in [7, 11) is 0. The van der Waals surface area contributed by atoms with Gasteiger partial charge in [0.1, 0.15) is 0 Å². The third-order valence-corrected chi connectivity index (χ3v) is 4.53. The second kappa shape index (κ2) is 5.99. The fourth-order valence-electron chi connectivity index (χ4n) is 3.36. The van der Waals surface area contributed by atoms with Gasteiger partial charge in [0.25, 0.3) is 0 Å². The van der Waals surface area contributed by atoms with Crippen LogP contribution in [0.3, 0.4) is 0 Å². The topological polar surface area (TPSA) is 41.3 Å². The highest BCUT2D eigenvalue weighted by molar-refractivity contribution is 4.88. The van der Waals surface area contributed by atoms with E-state index in [1.807, 2.05) is 0 Å². The Labute approximate surface area is 99.8 Å². The van der Waals surface area contributed by atoms with Gasteiger partial charge in [-0.2, -0.15) is 0 Å². The molecule has 0 radical (unpaired) electrons. The molecule has 3 N–H and O–H groups in total. The minimum Gasteiger partial charge on any atom is -0.329 e. The van der Waals surface area contributed by atoms with Crippen LogP contribution >= 0.6 is 0 Å². The van der Waals surface area contributed by atoms with Crippen LogP contribution in [-0.2, 0) is 0 Å². The molecule has 1 atom stereocenters. The van der Waals surface area contributed by atoms with E-state index in [-0.39, 0.29) is 0 Å². The first-order valence-electron chi connectivity index (χ1n) is 7.01. The van der Waals surface area contributed by atoms with Crippen LogP contribution in [0.4, 0.5) is 0 Å². The first-order chi connectivity index (χ1) is 7.85. The first-order valence-corrected chi connectivity index (χ1v) is 7.01. The molecule has 1 aliphatic heterocycles. The van der Waals surface area contributed by atoms with Gasteiger partial charge in [-0.15, -0.1) is 0 Å². The second-order valence-corrected chi connectivity index (χ2v) is 5.41. The van der Waals surface area contributed by atoms with Crippen molar-refractivity contribution in [1.29, 1.82) is 0 Å². The molecular weight excluding hydrogens is 198 g/mol. The lowest BCUT2D eigenvalue weighted by Crippen LogP contribution is -2.58. The van der Waals surface area contributed by atoms with Gasteiger partial charge >= 0.3 is 0 Å². The Bertz CT molecular complexity index is 199. The van der Waals surface area contributed by atoms with Gasteiger partial charge in [0.2, 0.25) is 0 Å². The van der Waals surface area contributed by atoms with Gasteiger partial charge < -0.3 is 11.1 Å². The highest BCUT2D eigenvalue weighted by atomic mass is 15.2. The third kappa shape index (κ3) is 2.76. The molecule has 0 aromatic rings. The van der Waals surface area contributed by atoms with Gasteiger partial charge in [-0.25, -0.2) is 0 Å². The van der Waals surface area contributed by atoms with Crippen LogP contribution in [0.25, 0.3) is 0 Å². The zero-order valence-corrected chi connectivity index (χ0v) is 10.6. The van der Waals surface area contributed by atoms with E-state index in [0.29, 0.717) is 6.04 Å². The predicted octanol–water partition coefficient (Wildman–Crippen LogP) is 1.19. The quantitative estimate of drug-likeness (QED) is 0.758. The molecule has 2 aliphatic rings. The zero-order chi connectivity index (χ0) is 11.4. The Morgan fingerprint density at radius 3 is 2.62 bits per heavy atom. The van der Waals surface area contributed by atoms with Crippen LogP contribution in [0, 0.1) is 5.92 Å². The Morgan fingerprint density at radius 2 is 2.00 bits per heavy atom. The van der Waals surface area contributed by atoms with E-state index < -0.39 is 0 Å². The van der Waals surface area contributed by atoms with Crippen molar-refractivity contribution >= 4 is 0 Å². The number of piperazine rings is 1. The van der Waals surface area contributed by atoms with E-state index in [1.165, 1.54) is 38.6 Å².